The van der Waals surface area contributed by atoms with Crippen molar-refractivity contribution in [2.45, 2.75) is 39.7 Å². The van der Waals surface area contributed by atoms with Gasteiger partial charge in [0.05, 0.1) is 11.7 Å². The third-order valence-electron chi connectivity index (χ3n) is 4.19. The van der Waals surface area contributed by atoms with Crippen molar-refractivity contribution in [1.29, 1.82) is 0 Å². The van der Waals surface area contributed by atoms with E-state index in [0.29, 0.717) is 6.04 Å². The molecule has 0 radical (unpaired) electrons. The summed E-state index contributed by atoms with van der Waals surface area (Å²) in [6.07, 6.45) is 4.60. The zero-order valence-corrected chi connectivity index (χ0v) is 12.8. The number of hydrogen-bond acceptors (Lipinski definition) is 2. The maximum atomic E-state index is 4.73. The first-order valence-corrected chi connectivity index (χ1v) is 7.41. The first-order valence-electron chi connectivity index (χ1n) is 7.41. The summed E-state index contributed by atoms with van der Waals surface area (Å²) in [5, 5.41) is 8.30. The van der Waals surface area contributed by atoms with Crippen LogP contribution in [0.15, 0.2) is 18.3 Å². The summed E-state index contributed by atoms with van der Waals surface area (Å²) in [5.41, 5.74) is 7.87. The Balaban J connectivity index is 2.15. The first-order chi connectivity index (χ1) is 9.56. The van der Waals surface area contributed by atoms with Crippen molar-refractivity contribution in [2.24, 2.45) is 7.05 Å². The smallest absolute Gasteiger partial charge is 0.0872 e. The van der Waals surface area contributed by atoms with Crippen LogP contribution in [0.4, 0.5) is 0 Å². The van der Waals surface area contributed by atoms with Crippen LogP contribution in [0.25, 0.3) is 11.1 Å². The number of nitrogens with zero attached hydrogens (tertiary/aromatic N) is 2. The summed E-state index contributed by atoms with van der Waals surface area (Å²) in [4.78, 5) is 0. The van der Waals surface area contributed by atoms with Crippen molar-refractivity contribution in [2.75, 3.05) is 6.54 Å². The van der Waals surface area contributed by atoms with E-state index < -0.39 is 0 Å². The first kappa shape index (κ1) is 13.4. The molecule has 1 atom stereocenters. The molecule has 1 saturated heterocycles. The molecule has 2 heterocycles. The van der Waals surface area contributed by atoms with Crippen molar-refractivity contribution in [3.63, 3.8) is 0 Å². The molecule has 0 amide bonds. The fraction of sp³-hybridized carbons (Fsp3) is 0.471. The summed E-state index contributed by atoms with van der Waals surface area (Å²) in [6.45, 7) is 7.67. The predicted octanol–water partition coefficient (Wildman–Crippen LogP) is 3.44. The molecule has 2 aromatic rings. The van der Waals surface area contributed by atoms with Crippen LogP contribution in [0.1, 0.15) is 41.3 Å². The highest BCUT2D eigenvalue weighted by Crippen LogP contribution is 2.35. The van der Waals surface area contributed by atoms with Gasteiger partial charge in [-0.15, -0.1) is 0 Å². The van der Waals surface area contributed by atoms with E-state index in [4.69, 9.17) is 5.10 Å². The van der Waals surface area contributed by atoms with Crippen LogP contribution < -0.4 is 5.32 Å². The Morgan fingerprint density at radius 3 is 2.50 bits per heavy atom. The zero-order valence-electron chi connectivity index (χ0n) is 12.8. The highest BCUT2D eigenvalue weighted by molar-refractivity contribution is 5.73. The van der Waals surface area contributed by atoms with Crippen molar-refractivity contribution in [1.82, 2.24) is 15.1 Å². The lowest BCUT2D eigenvalue weighted by Crippen LogP contribution is -2.14. The molecule has 1 aliphatic heterocycles. The molecule has 1 unspecified atom stereocenters. The third kappa shape index (κ3) is 2.27. The number of hydrogen-bond donors (Lipinski definition) is 1. The van der Waals surface area contributed by atoms with Gasteiger partial charge in [-0.25, -0.2) is 0 Å². The van der Waals surface area contributed by atoms with Crippen LogP contribution in [0.2, 0.25) is 0 Å². The zero-order chi connectivity index (χ0) is 14.3. The minimum atomic E-state index is 0.409. The molecule has 106 valence electrons. The average Bonchev–Trinajstić information content (AvgIpc) is 2.97. The van der Waals surface area contributed by atoms with Gasteiger partial charge < -0.3 is 5.32 Å². The minimum absolute atomic E-state index is 0.409. The third-order valence-corrected chi connectivity index (χ3v) is 4.19. The minimum Gasteiger partial charge on any atom is -0.309 e. The highest BCUT2D eigenvalue weighted by Gasteiger charge is 2.24. The monoisotopic (exact) mass is 269 g/mol. The summed E-state index contributed by atoms with van der Waals surface area (Å²) in [6, 6.07) is 4.94. The molecule has 0 bridgehead atoms. The van der Waals surface area contributed by atoms with Gasteiger partial charge in [-0.05, 0) is 56.8 Å². The van der Waals surface area contributed by atoms with Crippen LogP contribution in [-0.2, 0) is 7.05 Å². The lowest BCUT2D eigenvalue weighted by atomic mass is 9.92. The topological polar surface area (TPSA) is 29.9 Å². The van der Waals surface area contributed by atoms with Crippen LogP contribution in [0.5, 0.6) is 0 Å². The van der Waals surface area contributed by atoms with Gasteiger partial charge in [0.25, 0.3) is 0 Å². The highest BCUT2D eigenvalue weighted by atomic mass is 15.3. The van der Waals surface area contributed by atoms with Gasteiger partial charge in [-0.3, -0.25) is 4.68 Å². The van der Waals surface area contributed by atoms with Gasteiger partial charge in [0.1, 0.15) is 0 Å². The van der Waals surface area contributed by atoms with Crippen molar-refractivity contribution in [3.05, 3.63) is 40.7 Å². The molecule has 3 nitrogen and oxygen atoms in total. The van der Waals surface area contributed by atoms with Crippen molar-refractivity contribution in [3.8, 4) is 11.1 Å². The maximum Gasteiger partial charge on any atom is 0.0872 e. The lowest BCUT2D eigenvalue weighted by molar-refractivity contribution is 0.607. The molecule has 1 N–H and O–H groups in total. The molecule has 0 spiro atoms. The van der Waals surface area contributed by atoms with Gasteiger partial charge in [0, 0.05) is 18.8 Å². The Labute approximate surface area is 121 Å². The molecule has 0 aliphatic carbocycles. The van der Waals surface area contributed by atoms with E-state index in [-0.39, 0.29) is 0 Å². The number of benzene rings is 1. The van der Waals surface area contributed by atoms with Crippen molar-refractivity contribution >= 4 is 0 Å². The Morgan fingerprint density at radius 2 is 1.90 bits per heavy atom. The van der Waals surface area contributed by atoms with Crippen molar-refractivity contribution < 1.29 is 0 Å². The molecule has 0 saturated carbocycles. The molecule has 1 fully saturated rings. The lowest BCUT2D eigenvalue weighted by Gasteiger charge is -2.14. The molecule has 3 rings (SSSR count). The Hall–Kier alpha value is -1.61. The molecule has 3 heteroatoms. The van der Waals surface area contributed by atoms with E-state index in [1.54, 1.807) is 0 Å². The van der Waals surface area contributed by atoms with Crippen LogP contribution >= 0.6 is 0 Å². The fourth-order valence-electron chi connectivity index (χ4n) is 3.48. The number of rotatable bonds is 2. The quantitative estimate of drug-likeness (QED) is 0.905. The second-order valence-corrected chi connectivity index (χ2v) is 6.02. The second kappa shape index (κ2) is 5.06. The van der Waals surface area contributed by atoms with E-state index in [1.165, 1.54) is 46.4 Å². The molecule has 1 aromatic carbocycles. The van der Waals surface area contributed by atoms with Gasteiger partial charge in [-0.2, -0.15) is 5.10 Å². The van der Waals surface area contributed by atoms with E-state index in [0.717, 1.165) is 6.54 Å². The predicted molar refractivity (Wildman–Crippen MR) is 82.8 cm³/mol. The van der Waals surface area contributed by atoms with Gasteiger partial charge in [0.2, 0.25) is 0 Å². The number of aromatic nitrogens is 2. The van der Waals surface area contributed by atoms with E-state index in [1.807, 2.05) is 11.7 Å². The normalized spacial score (nSPS) is 18.7. The van der Waals surface area contributed by atoms with Gasteiger partial charge >= 0.3 is 0 Å². The largest absolute Gasteiger partial charge is 0.309 e. The standard InChI is InChI=1S/C17H23N3/c1-11-8-12(2)16(13(3)9-11)14-10-20(4)19-17(14)15-6-5-7-18-15/h8-10,15,18H,5-7H2,1-4H3. The molecular formula is C17H23N3. The summed E-state index contributed by atoms with van der Waals surface area (Å²) >= 11 is 0. The second-order valence-electron chi connectivity index (χ2n) is 6.02. The summed E-state index contributed by atoms with van der Waals surface area (Å²) in [7, 11) is 2.01. The Bertz CT molecular complexity index is 611. The molecule has 1 aliphatic rings. The van der Waals surface area contributed by atoms with E-state index >= 15 is 0 Å². The van der Waals surface area contributed by atoms with E-state index in [9.17, 15) is 0 Å². The Kier molecular flexibility index (Phi) is 3.38. The summed E-state index contributed by atoms with van der Waals surface area (Å²) < 4.78 is 1.95. The number of nitrogens with one attached hydrogen (secondary N) is 1. The summed E-state index contributed by atoms with van der Waals surface area (Å²) in [5.74, 6) is 0. The number of aryl methyl sites for hydroxylation is 4. The average molecular weight is 269 g/mol. The molecule has 1 aromatic heterocycles. The van der Waals surface area contributed by atoms with Crippen LogP contribution in [-0.4, -0.2) is 16.3 Å². The van der Waals surface area contributed by atoms with Gasteiger partial charge in [0.15, 0.2) is 0 Å². The van der Waals surface area contributed by atoms with Crippen LogP contribution in [0, 0.1) is 20.8 Å². The van der Waals surface area contributed by atoms with Crippen LogP contribution in [0.3, 0.4) is 0 Å². The Morgan fingerprint density at radius 1 is 1.20 bits per heavy atom. The molecular weight excluding hydrogens is 246 g/mol. The SMILES string of the molecule is Cc1cc(C)c(-c2cn(C)nc2C2CCCN2)c(C)c1. The molecule has 20 heavy (non-hydrogen) atoms. The maximum absolute atomic E-state index is 4.73. The van der Waals surface area contributed by atoms with E-state index in [2.05, 4.69) is 44.4 Å². The fourth-order valence-corrected chi connectivity index (χ4v) is 3.48. The van der Waals surface area contributed by atoms with Gasteiger partial charge in [-0.1, -0.05) is 17.7 Å².